The number of aliphatic imine (C=N–C) groups is 1. The van der Waals surface area contributed by atoms with Crippen LogP contribution >= 0.6 is 0 Å². The van der Waals surface area contributed by atoms with Gasteiger partial charge in [0.25, 0.3) is 0 Å². The van der Waals surface area contributed by atoms with Crippen LogP contribution in [0.5, 0.6) is 0 Å². The quantitative estimate of drug-likeness (QED) is 0.691. The fraction of sp³-hybridized carbons (Fsp3) is 0.800. The number of carbonyl (C=O) groups is 1. The minimum Gasteiger partial charge on any atom is -0.444 e. The number of rotatable bonds is 2. The van der Waals surface area contributed by atoms with Gasteiger partial charge in [-0.25, -0.2) is 4.79 Å². The van der Waals surface area contributed by atoms with Crippen LogP contribution in [0.1, 0.15) is 61.3 Å². The summed E-state index contributed by atoms with van der Waals surface area (Å²) in [6.45, 7) is 15.4. The monoisotopic (exact) mass is 376 g/mol. The molecule has 1 atom stereocenters. The lowest BCUT2D eigenvalue weighted by Crippen LogP contribution is -2.43. The van der Waals surface area contributed by atoms with Crippen molar-refractivity contribution in [2.75, 3.05) is 13.1 Å². The molecule has 2 fully saturated rings. The molecule has 0 radical (unpaired) electrons. The van der Waals surface area contributed by atoms with E-state index in [2.05, 4.69) is 33.8 Å². The van der Waals surface area contributed by atoms with Crippen molar-refractivity contribution in [3.63, 3.8) is 0 Å². The summed E-state index contributed by atoms with van der Waals surface area (Å²) in [5.74, 6) is 0.430. The maximum Gasteiger partial charge on any atom is 0.496 e. The van der Waals surface area contributed by atoms with E-state index in [-0.39, 0.29) is 30.5 Å². The SMILES string of the molecule is CC(C)(C)OC(=O)N1CCC([C@@H]2C=C(B3OC(C)(C)C(C)(C)O3)C=N2)CC1. The van der Waals surface area contributed by atoms with Crippen molar-refractivity contribution in [1.82, 2.24) is 4.90 Å². The first-order valence-electron chi connectivity index (χ1n) is 9.96. The van der Waals surface area contributed by atoms with Crippen molar-refractivity contribution >= 4 is 19.4 Å². The number of nitrogens with zero attached hydrogens (tertiary/aromatic N) is 2. The first-order chi connectivity index (χ1) is 12.4. The predicted molar refractivity (Wildman–Crippen MR) is 107 cm³/mol. The lowest BCUT2D eigenvalue weighted by molar-refractivity contribution is 0.00578. The van der Waals surface area contributed by atoms with E-state index in [1.54, 1.807) is 4.90 Å². The third-order valence-electron chi connectivity index (χ3n) is 5.96. The highest BCUT2D eigenvalue weighted by Crippen LogP contribution is 2.39. The molecule has 0 aliphatic carbocycles. The molecule has 0 spiro atoms. The standard InChI is InChI=1S/C20H33BN2O4/c1-18(2,3)25-17(24)23-10-8-14(9-11-23)16-12-15(13-22-16)21-26-19(4,5)20(6,7)27-21/h12-14,16H,8-11H2,1-7H3/t16-/m0/s1. The number of ether oxygens (including phenoxy) is 1. The molecule has 0 bridgehead atoms. The van der Waals surface area contributed by atoms with Crippen molar-refractivity contribution in [3.8, 4) is 0 Å². The van der Waals surface area contributed by atoms with Crippen LogP contribution in [-0.2, 0) is 14.0 Å². The Labute approximate surface area is 163 Å². The van der Waals surface area contributed by atoms with Gasteiger partial charge in [0.1, 0.15) is 5.60 Å². The summed E-state index contributed by atoms with van der Waals surface area (Å²) in [5, 5.41) is 0. The Balaban J connectivity index is 1.55. The van der Waals surface area contributed by atoms with Crippen LogP contribution < -0.4 is 0 Å². The summed E-state index contributed by atoms with van der Waals surface area (Å²) in [6, 6.07) is 0.139. The van der Waals surface area contributed by atoms with E-state index in [9.17, 15) is 4.79 Å². The second-order valence-corrected chi connectivity index (χ2v) is 9.83. The van der Waals surface area contributed by atoms with Crippen LogP contribution in [0.15, 0.2) is 16.5 Å². The molecule has 0 aromatic carbocycles. The number of hydrogen-bond acceptors (Lipinski definition) is 5. The van der Waals surface area contributed by atoms with Crippen LogP contribution in [0.4, 0.5) is 4.79 Å². The van der Waals surface area contributed by atoms with Crippen LogP contribution in [0.2, 0.25) is 0 Å². The van der Waals surface area contributed by atoms with Gasteiger partial charge in [0.05, 0.1) is 17.2 Å². The normalized spacial score (nSPS) is 27.8. The maximum absolute atomic E-state index is 12.2. The van der Waals surface area contributed by atoms with Gasteiger partial charge < -0.3 is 18.9 Å². The molecule has 0 aromatic heterocycles. The van der Waals surface area contributed by atoms with Crippen LogP contribution in [0.25, 0.3) is 0 Å². The van der Waals surface area contributed by atoms with Gasteiger partial charge in [-0.05, 0) is 72.7 Å². The third kappa shape index (κ3) is 4.40. The molecular formula is C20H33BN2O4. The molecule has 6 nitrogen and oxygen atoms in total. The number of piperidine rings is 1. The molecule has 2 saturated heterocycles. The average molecular weight is 376 g/mol. The van der Waals surface area contributed by atoms with Gasteiger partial charge in [-0.15, -0.1) is 0 Å². The van der Waals surface area contributed by atoms with Gasteiger partial charge in [-0.3, -0.25) is 4.99 Å². The minimum absolute atomic E-state index is 0.139. The first kappa shape index (κ1) is 20.4. The van der Waals surface area contributed by atoms with Gasteiger partial charge in [-0.1, -0.05) is 6.08 Å². The Hall–Kier alpha value is -1.34. The second-order valence-electron chi connectivity index (χ2n) is 9.83. The Kier molecular flexibility index (Phi) is 5.23. The smallest absolute Gasteiger partial charge is 0.444 e. The molecule has 3 rings (SSSR count). The highest BCUT2D eigenvalue weighted by molar-refractivity contribution is 6.60. The number of carbonyl (C=O) groups excluding carboxylic acids is 1. The Morgan fingerprint density at radius 1 is 1.19 bits per heavy atom. The molecule has 3 heterocycles. The summed E-state index contributed by atoms with van der Waals surface area (Å²) in [5.41, 5.74) is -0.135. The zero-order valence-electron chi connectivity index (χ0n) is 17.7. The second kappa shape index (κ2) is 6.92. The lowest BCUT2D eigenvalue weighted by atomic mass is 9.77. The number of allylic oxidation sites excluding steroid dienone is 1. The molecule has 0 saturated carbocycles. The largest absolute Gasteiger partial charge is 0.496 e. The van der Waals surface area contributed by atoms with E-state index in [4.69, 9.17) is 19.0 Å². The molecule has 0 unspecified atom stereocenters. The van der Waals surface area contributed by atoms with Crippen molar-refractivity contribution in [1.29, 1.82) is 0 Å². The third-order valence-corrected chi connectivity index (χ3v) is 5.96. The summed E-state index contributed by atoms with van der Waals surface area (Å²) in [7, 11) is -0.356. The van der Waals surface area contributed by atoms with Crippen LogP contribution in [-0.4, -0.2) is 60.3 Å². The van der Waals surface area contributed by atoms with Gasteiger partial charge in [-0.2, -0.15) is 0 Å². The zero-order valence-corrected chi connectivity index (χ0v) is 17.7. The lowest BCUT2D eigenvalue weighted by Gasteiger charge is -2.34. The van der Waals surface area contributed by atoms with Crippen molar-refractivity contribution in [2.24, 2.45) is 10.9 Å². The maximum atomic E-state index is 12.2. The number of likely N-dealkylation sites (tertiary alicyclic amines) is 1. The number of hydrogen-bond donors (Lipinski definition) is 0. The Morgan fingerprint density at radius 2 is 1.74 bits per heavy atom. The van der Waals surface area contributed by atoms with E-state index in [1.807, 2.05) is 27.0 Å². The molecular weight excluding hydrogens is 343 g/mol. The summed E-state index contributed by atoms with van der Waals surface area (Å²) < 4.78 is 17.7. The van der Waals surface area contributed by atoms with Gasteiger partial charge in [0, 0.05) is 19.3 Å². The van der Waals surface area contributed by atoms with Crippen molar-refractivity contribution in [3.05, 3.63) is 11.5 Å². The van der Waals surface area contributed by atoms with Gasteiger partial charge in [0.2, 0.25) is 0 Å². The predicted octanol–water partition coefficient (Wildman–Crippen LogP) is 3.64. The van der Waals surface area contributed by atoms with E-state index in [0.717, 1.165) is 18.3 Å². The van der Waals surface area contributed by atoms with Gasteiger partial charge in [0.15, 0.2) is 0 Å². The fourth-order valence-corrected chi connectivity index (χ4v) is 3.58. The van der Waals surface area contributed by atoms with Gasteiger partial charge >= 0.3 is 13.2 Å². The molecule has 7 heteroatoms. The summed E-state index contributed by atoms with van der Waals surface area (Å²) in [4.78, 5) is 18.7. The Bertz CT molecular complexity index is 627. The van der Waals surface area contributed by atoms with E-state index in [0.29, 0.717) is 19.0 Å². The van der Waals surface area contributed by atoms with E-state index >= 15 is 0 Å². The molecule has 0 aromatic rings. The fourth-order valence-electron chi connectivity index (χ4n) is 3.58. The first-order valence-corrected chi connectivity index (χ1v) is 9.96. The Morgan fingerprint density at radius 3 is 2.26 bits per heavy atom. The van der Waals surface area contributed by atoms with Crippen molar-refractivity contribution in [2.45, 2.75) is 84.2 Å². The highest BCUT2D eigenvalue weighted by atomic mass is 16.7. The summed E-state index contributed by atoms with van der Waals surface area (Å²) >= 11 is 0. The van der Waals surface area contributed by atoms with E-state index < -0.39 is 5.60 Å². The molecule has 1 amide bonds. The molecule has 27 heavy (non-hydrogen) atoms. The molecule has 150 valence electrons. The molecule has 3 aliphatic heterocycles. The zero-order chi connectivity index (χ0) is 20.0. The van der Waals surface area contributed by atoms with Crippen LogP contribution in [0, 0.1) is 5.92 Å². The average Bonchev–Trinajstić information content (AvgIpc) is 3.09. The summed E-state index contributed by atoms with van der Waals surface area (Å²) in [6.07, 6.45) is 5.70. The van der Waals surface area contributed by atoms with Crippen LogP contribution in [0.3, 0.4) is 0 Å². The van der Waals surface area contributed by atoms with E-state index in [1.165, 1.54) is 0 Å². The topological polar surface area (TPSA) is 60.4 Å². The number of amides is 1. The molecule has 0 N–H and O–H groups in total. The van der Waals surface area contributed by atoms with Crippen molar-refractivity contribution < 1.29 is 18.8 Å². The highest BCUT2D eigenvalue weighted by Gasteiger charge is 2.52. The molecule has 3 aliphatic rings. The minimum atomic E-state index is -0.454.